The van der Waals surface area contributed by atoms with Crippen LogP contribution in [0.1, 0.15) is 33.4 Å². The number of anilines is 1. The number of ether oxygens (including phenoxy) is 4. The first kappa shape index (κ1) is 30.7. The summed E-state index contributed by atoms with van der Waals surface area (Å²) in [5, 5.41) is 3.19. The summed E-state index contributed by atoms with van der Waals surface area (Å²) >= 11 is 2.40. The van der Waals surface area contributed by atoms with Crippen LogP contribution in [0, 0.1) is 0 Å². The zero-order valence-electron chi connectivity index (χ0n) is 21.5. The van der Waals surface area contributed by atoms with Crippen molar-refractivity contribution in [3.05, 3.63) is 6.33 Å². The van der Waals surface area contributed by atoms with E-state index in [1.54, 1.807) is 11.8 Å². The highest BCUT2D eigenvalue weighted by atomic mass is 32.2. The molecule has 0 aliphatic carbocycles. The molecule has 12 nitrogen and oxygen atoms in total. The monoisotopic (exact) mass is 595 g/mol. The first-order chi connectivity index (χ1) is 18.4. The Morgan fingerprint density at radius 3 is 2.38 bits per heavy atom. The van der Waals surface area contributed by atoms with Gasteiger partial charge in [0.2, 0.25) is 0 Å². The Labute approximate surface area is 230 Å². The van der Waals surface area contributed by atoms with Crippen LogP contribution in [-0.4, -0.2) is 92.8 Å². The molecule has 0 amide bonds. The molecule has 0 saturated carbocycles. The summed E-state index contributed by atoms with van der Waals surface area (Å²) in [7, 11) is 0. The molecular weight excluding hydrogens is 567 g/mol. The van der Waals surface area contributed by atoms with Gasteiger partial charge in [0.1, 0.15) is 12.7 Å². The maximum absolute atomic E-state index is 12.7. The van der Waals surface area contributed by atoms with Gasteiger partial charge in [0, 0.05) is 38.8 Å². The quantitative estimate of drug-likeness (QED) is 0.126. The number of carbonyl (C=O) groups is 3. The van der Waals surface area contributed by atoms with Gasteiger partial charge in [-0.3, -0.25) is 19.0 Å². The maximum Gasteiger partial charge on any atom is 0.389 e. The van der Waals surface area contributed by atoms with E-state index in [2.05, 4.69) is 20.3 Å². The fourth-order valence-electron chi connectivity index (χ4n) is 3.72. The number of esters is 3. The summed E-state index contributed by atoms with van der Waals surface area (Å²) in [6, 6.07) is 0. The third-order valence-corrected chi connectivity index (χ3v) is 6.69. The number of hydrogen-bond donors (Lipinski definition) is 1. The molecule has 1 N–H and O–H groups in total. The zero-order valence-corrected chi connectivity index (χ0v) is 23.2. The maximum atomic E-state index is 12.7. The number of rotatable bonds is 12. The van der Waals surface area contributed by atoms with Crippen LogP contribution < -0.4 is 5.32 Å². The summed E-state index contributed by atoms with van der Waals surface area (Å²) in [6.45, 7) is 3.72. The number of thioether (sulfide) groups is 2. The average molecular weight is 596 g/mol. The van der Waals surface area contributed by atoms with Crippen LogP contribution >= 0.6 is 23.5 Å². The number of halogens is 3. The van der Waals surface area contributed by atoms with E-state index >= 15 is 0 Å². The molecule has 3 rings (SSSR count). The Morgan fingerprint density at radius 2 is 1.77 bits per heavy atom. The third kappa shape index (κ3) is 8.60. The molecule has 216 valence electrons. The van der Waals surface area contributed by atoms with E-state index in [0.717, 1.165) is 24.4 Å². The molecule has 0 bridgehead atoms. The Balaban J connectivity index is 2.04. The molecule has 1 aliphatic heterocycles. The molecular formula is C22H28F3N5O7S2. The van der Waals surface area contributed by atoms with Crippen LogP contribution in [0.25, 0.3) is 11.2 Å². The molecule has 0 aromatic carbocycles. The van der Waals surface area contributed by atoms with Gasteiger partial charge in [-0.25, -0.2) is 15.0 Å². The van der Waals surface area contributed by atoms with Gasteiger partial charge in [-0.05, 0) is 6.26 Å². The Kier molecular flexibility index (Phi) is 10.7. The highest BCUT2D eigenvalue weighted by Gasteiger charge is 2.51. The molecule has 2 aromatic heterocycles. The predicted octanol–water partition coefficient (Wildman–Crippen LogP) is 2.97. The van der Waals surface area contributed by atoms with Crippen molar-refractivity contribution in [2.45, 2.75) is 63.1 Å². The van der Waals surface area contributed by atoms with E-state index in [-0.39, 0.29) is 23.2 Å². The van der Waals surface area contributed by atoms with Gasteiger partial charge < -0.3 is 24.3 Å². The van der Waals surface area contributed by atoms with Crippen molar-refractivity contribution in [2.24, 2.45) is 0 Å². The van der Waals surface area contributed by atoms with Crippen LogP contribution in [0.3, 0.4) is 0 Å². The number of nitrogens with zero attached hydrogens (tertiary/aromatic N) is 4. The van der Waals surface area contributed by atoms with E-state index in [1.165, 1.54) is 24.7 Å². The number of aromatic nitrogens is 4. The molecule has 1 fully saturated rings. The van der Waals surface area contributed by atoms with Crippen molar-refractivity contribution < 1.29 is 46.5 Å². The first-order valence-corrected chi connectivity index (χ1v) is 14.1. The number of fused-ring (bicyclic) bond motifs is 1. The van der Waals surface area contributed by atoms with Crippen molar-refractivity contribution in [1.29, 1.82) is 0 Å². The largest absolute Gasteiger partial charge is 0.463 e. The van der Waals surface area contributed by atoms with Crippen LogP contribution in [0.5, 0.6) is 0 Å². The molecule has 17 heteroatoms. The topological polar surface area (TPSA) is 144 Å². The predicted molar refractivity (Wildman–Crippen MR) is 135 cm³/mol. The fourth-order valence-corrected chi connectivity index (χ4v) is 4.85. The van der Waals surface area contributed by atoms with Gasteiger partial charge in [0.15, 0.2) is 40.6 Å². The standard InChI is InChI=1S/C22H28F3N5O7S2/c1-11(31)34-9-14-16(35-12(2)32)17(36-13(3)33)20(37-14)30-10-27-15-18(26-6-8-38-4)28-21(29-19(15)30)39-7-5-22(23,24)25/h10,14,16-17,20H,5-9H2,1-4H3,(H,26,28,29)/t14-,16-,17-,20-/m1/s1. The first-order valence-electron chi connectivity index (χ1n) is 11.7. The number of hydrogen-bond acceptors (Lipinski definition) is 13. The Hall–Kier alpha value is -2.79. The Bertz CT molecular complexity index is 1180. The molecule has 0 spiro atoms. The lowest BCUT2D eigenvalue weighted by Gasteiger charge is -2.23. The minimum absolute atomic E-state index is 0.0650. The highest BCUT2D eigenvalue weighted by molar-refractivity contribution is 7.99. The lowest BCUT2D eigenvalue weighted by molar-refractivity contribution is -0.166. The van der Waals surface area contributed by atoms with Gasteiger partial charge in [-0.15, -0.1) is 0 Å². The van der Waals surface area contributed by atoms with Crippen molar-refractivity contribution in [2.75, 3.05) is 36.2 Å². The van der Waals surface area contributed by atoms with Gasteiger partial charge in [-0.1, -0.05) is 11.8 Å². The van der Waals surface area contributed by atoms with Crippen molar-refractivity contribution >= 4 is 58.4 Å². The van der Waals surface area contributed by atoms with E-state index in [1.807, 2.05) is 6.26 Å². The lowest BCUT2D eigenvalue weighted by atomic mass is 10.1. The van der Waals surface area contributed by atoms with E-state index in [0.29, 0.717) is 17.9 Å². The van der Waals surface area contributed by atoms with Crippen LogP contribution in [0.15, 0.2) is 11.5 Å². The molecule has 0 radical (unpaired) electrons. The number of alkyl halides is 3. The summed E-state index contributed by atoms with van der Waals surface area (Å²) in [5.41, 5.74) is 0.483. The minimum atomic E-state index is -4.34. The minimum Gasteiger partial charge on any atom is -0.463 e. The third-order valence-electron chi connectivity index (χ3n) is 5.23. The lowest BCUT2D eigenvalue weighted by Crippen LogP contribution is -2.40. The average Bonchev–Trinajstić information content (AvgIpc) is 3.38. The normalized spacial score (nSPS) is 21.1. The summed E-state index contributed by atoms with van der Waals surface area (Å²) in [6.07, 6.45) is -6.57. The highest BCUT2D eigenvalue weighted by Crippen LogP contribution is 2.37. The molecule has 3 heterocycles. The second-order valence-corrected chi connectivity index (χ2v) is 10.4. The van der Waals surface area contributed by atoms with E-state index < -0.39 is 55.0 Å². The molecule has 4 atom stereocenters. The molecule has 1 aliphatic rings. The summed E-state index contributed by atoms with van der Waals surface area (Å²) in [5.74, 6) is -1.25. The number of nitrogens with one attached hydrogen (secondary N) is 1. The molecule has 1 saturated heterocycles. The van der Waals surface area contributed by atoms with Gasteiger partial charge in [-0.2, -0.15) is 24.9 Å². The second kappa shape index (κ2) is 13.5. The van der Waals surface area contributed by atoms with Gasteiger partial charge >= 0.3 is 24.1 Å². The van der Waals surface area contributed by atoms with Crippen LogP contribution in [0.4, 0.5) is 19.0 Å². The molecule has 0 unspecified atom stereocenters. The number of imidazole rings is 1. The van der Waals surface area contributed by atoms with E-state index in [9.17, 15) is 27.6 Å². The van der Waals surface area contributed by atoms with Crippen molar-refractivity contribution in [1.82, 2.24) is 19.5 Å². The second-order valence-electron chi connectivity index (χ2n) is 8.33. The Morgan fingerprint density at radius 1 is 1.08 bits per heavy atom. The van der Waals surface area contributed by atoms with E-state index in [4.69, 9.17) is 18.9 Å². The zero-order chi connectivity index (χ0) is 28.7. The molecule has 2 aromatic rings. The number of carbonyl (C=O) groups excluding carboxylic acids is 3. The van der Waals surface area contributed by atoms with Crippen molar-refractivity contribution in [3.8, 4) is 0 Å². The van der Waals surface area contributed by atoms with Crippen LogP contribution in [0.2, 0.25) is 0 Å². The smallest absolute Gasteiger partial charge is 0.389 e. The van der Waals surface area contributed by atoms with Crippen molar-refractivity contribution in [3.63, 3.8) is 0 Å². The SMILES string of the molecule is CSCCNc1nc(SCCC(F)(F)F)nc2c1ncn2[C@@H]1O[C@H](COC(C)=O)[C@@H](OC(C)=O)[C@H]1OC(C)=O. The van der Waals surface area contributed by atoms with Gasteiger partial charge in [0.25, 0.3) is 0 Å². The molecule has 39 heavy (non-hydrogen) atoms. The summed E-state index contributed by atoms with van der Waals surface area (Å²) < 4.78 is 61.6. The van der Waals surface area contributed by atoms with Crippen LogP contribution in [-0.2, 0) is 33.3 Å². The fraction of sp³-hybridized carbons (Fsp3) is 0.636. The van der Waals surface area contributed by atoms with Gasteiger partial charge in [0.05, 0.1) is 12.7 Å². The summed E-state index contributed by atoms with van der Waals surface area (Å²) in [4.78, 5) is 48.4.